The lowest BCUT2D eigenvalue weighted by Gasteiger charge is -2.32. The van der Waals surface area contributed by atoms with Crippen LogP contribution in [0.3, 0.4) is 0 Å². The van der Waals surface area contributed by atoms with Crippen LogP contribution in [-0.4, -0.2) is 31.3 Å². The minimum atomic E-state index is -3.19. The van der Waals surface area contributed by atoms with E-state index in [1.54, 1.807) is 25.2 Å². The van der Waals surface area contributed by atoms with E-state index in [4.69, 9.17) is 5.11 Å². The highest BCUT2D eigenvalue weighted by molar-refractivity contribution is 7.90. The number of hydrogen-bond acceptors (Lipinski definition) is 4. The highest BCUT2D eigenvalue weighted by Crippen LogP contribution is 2.40. The molecule has 5 nitrogen and oxygen atoms in total. The topological polar surface area (TPSA) is 83.5 Å². The molecule has 1 aliphatic carbocycles. The van der Waals surface area contributed by atoms with Crippen LogP contribution >= 0.6 is 11.3 Å². The number of carboxylic acids is 1. The monoisotopic (exact) mass is 387 g/mol. The SMILES string of the molecule is CC(CNS(=O)(=O)C(C)C)C1CCC(c2ccc(CC(=O)O)s2)CC1. The smallest absolute Gasteiger partial charge is 0.308 e. The summed E-state index contributed by atoms with van der Waals surface area (Å²) in [5, 5.41) is 8.49. The normalized spacial score (nSPS) is 22.9. The fourth-order valence-electron chi connectivity index (χ4n) is 3.41. The molecule has 1 fully saturated rings. The van der Waals surface area contributed by atoms with Crippen LogP contribution < -0.4 is 4.72 Å². The summed E-state index contributed by atoms with van der Waals surface area (Å²) in [6, 6.07) is 4.01. The molecule has 0 spiro atoms. The molecule has 0 bridgehead atoms. The van der Waals surface area contributed by atoms with Gasteiger partial charge in [-0.25, -0.2) is 13.1 Å². The highest BCUT2D eigenvalue weighted by Gasteiger charge is 2.28. The zero-order valence-corrected chi connectivity index (χ0v) is 16.8. The maximum Gasteiger partial charge on any atom is 0.308 e. The molecule has 2 rings (SSSR count). The van der Waals surface area contributed by atoms with Gasteiger partial charge in [0.2, 0.25) is 10.0 Å². The van der Waals surface area contributed by atoms with E-state index in [0.717, 1.165) is 30.6 Å². The number of thiophene rings is 1. The first-order valence-corrected chi connectivity index (χ1v) is 11.3. The lowest BCUT2D eigenvalue weighted by Crippen LogP contribution is -2.36. The zero-order chi connectivity index (χ0) is 18.6. The van der Waals surface area contributed by atoms with Crippen molar-refractivity contribution in [2.45, 2.75) is 64.0 Å². The van der Waals surface area contributed by atoms with Crippen LogP contribution in [0.5, 0.6) is 0 Å². The van der Waals surface area contributed by atoms with Gasteiger partial charge < -0.3 is 5.11 Å². The van der Waals surface area contributed by atoms with Crippen molar-refractivity contribution >= 4 is 27.3 Å². The number of aliphatic carboxylic acids is 1. The summed E-state index contributed by atoms with van der Waals surface area (Å²) >= 11 is 1.62. The molecule has 1 atom stereocenters. The second-order valence-corrected chi connectivity index (χ2v) is 10.9. The molecule has 1 unspecified atom stereocenters. The van der Waals surface area contributed by atoms with Crippen LogP contribution in [0.1, 0.15) is 62.1 Å². The molecule has 1 aromatic rings. The van der Waals surface area contributed by atoms with Gasteiger partial charge in [-0.2, -0.15) is 0 Å². The Morgan fingerprint density at radius 1 is 1.24 bits per heavy atom. The van der Waals surface area contributed by atoms with Gasteiger partial charge in [-0.3, -0.25) is 4.79 Å². The third-order valence-electron chi connectivity index (χ3n) is 5.21. The van der Waals surface area contributed by atoms with Gasteiger partial charge in [0.25, 0.3) is 0 Å². The molecular formula is C18H29NO4S2. The average Bonchev–Trinajstić information content (AvgIpc) is 3.00. The first-order valence-electron chi connectivity index (χ1n) is 8.98. The van der Waals surface area contributed by atoms with Gasteiger partial charge in [0.05, 0.1) is 11.7 Å². The first kappa shape index (κ1) is 20.4. The van der Waals surface area contributed by atoms with Crippen molar-refractivity contribution in [2.75, 3.05) is 6.54 Å². The van der Waals surface area contributed by atoms with E-state index in [-0.39, 0.29) is 6.42 Å². The average molecular weight is 388 g/mol. The minimum Gasteiger partial charge on any atom is -0.481 e. The third kappa shape index (κ3) is 5.79. The van der Waals surface area contributed by atoms with Crippen molar-refractivity contribution in [3.05, 3.63) is 21.9 Å². The van der Waals surface area contributed by atoms with Crippen molar-refractivity contribution in [1.82, 2.24) is 4.72 Å². The summed E-state index contributed by atoms with van der Waals surface area (Å²) in [6.45, 7) is 6.03. The molecule has 25 heavy (non-hydrogen) atoms. The van der Waals surface area contributed by atoms with E-state index in [1.807, 2.05) is 6.07 Å². The van der Waals surface area contributed by atoms with Gasteiger partial charge in [-0.05, 0) is 69.4 Å². The number of hydrogen-bond donors (Lipinski definition) is 2. The lowest BCUT2D eigenvalue weighted by atomic mass is 9.76. The Kier molecular flexibility index (Phi) is 7.05. The molecular weight excluding hydrogens is 358 g/mol. The predicted octanol–water partition coefficient (Wildman–Crippen LogP) is 3.61. The third-order valence-corrected chi connectivity index (χ3v) is 8.27. The summed E-state index contributed by atoms with van der Waals surface area (Å²) in [6.07, 6.45) is 4.49. The Hall–Kier alpha value is -0.920. The molecule has 7 heteroatoms. The standard InChI is InChI=1S/C18H29NO4S2/c1-12(2)25(22,23)19-11-13(3)14-4-6-15(7-5-14)17-9-8-16(24-17)10-18(20)21/h8-9,12-15,19H,4-7,10-11H2,1-3H3,(H,20,21). The molecule has 0 aromatic carbocycles. The summed E-state index contributed by atoms with van der Waals surface area (Å²) in [4.78, 5) is 13.0. The highest BCUT2D eigenvalue weighted by atomic mass is 32.2. The Labute approximate surface area is 154 Å². The van der Waals surface area contributed by atoms with Crippen LogP contribution in [0, 0.1) is 11.8 Å². The summed E-state index contributed by atoms with van der Waals surface area (Å²) in [5.74, 6) is 0.614. The number of sulfonamides is 1. The van der Waals surface area contributed by atoms with Crippen LogP contribution in [0.25, 0.3) is 0 Å². The molecule has 0 amide bonds. The molecule has 2 N–H and O–H groups in total. The van der Waals surface area contributed by atoms with Crippen LogP contribution in [-0.2, 0) is 21.2 Å². The van der Waals surface area contributed by atoms with E-state index in [2.05, 4.69) is 17.7 Å². The number of nitrogens with one attached hydrogen (secondary N) is 1. The van der Waals surface area contributed by atoms with Crippen molar-refractivity contribution in [3.63, 3.8) is 0 Å². The summed E-state index contributed by atoms with van der Waals surface area (Å²) in [7, 11) is -3.19. The van der Waals surface area contributed by atoms with Gasteiger partial charge in [0, 0.05) is 16.3 Å². The van der Waals surface area contributed by atoms with Crippen LogP contribution in [0.15, 0.2) is 12.1 Å². The molecule has 1 saturated carbocycles. The maximum absolute atomic E-state index is 11.9. The Balaban J connectivity index is 1.82. The summed E-state index contributed by atoms with van der Waals surface area (Å²) in [5.41, 5.74) is 0. The van der Waals surface area contributed by atoms with Gasteiger partial charge >= 0.3 is 5.97 Å². The fourth-order valence-corrected chi connectivity index (χ4v) is 5.41. The van der Waals surface area contributed by atoms with Crippen molar-refractivity contribution in [3.8, 4) is 0 Å². The number of rotatable bonds is 8. The number of carbonyl (C=O) groups is 1. The Bertz CT molecular complexity index is 673. The quantitative estimate of drug-likeness (QED) is 0.714. The van der Waals surface area contributed by atoms with E-state index in [0.29, 0.717) is 24.3 Å². The van der Waals surface area contributed by atoms with E-state index >= 15 is 0 Å². The molecule has 1 aliphatic rings. The largest absolute Gasteiger partial charge is 0.481 e. The lowest BCUT2D eigenvalue weighted by molar-refractivity contribution is -0.136. The molecule has 142 valence electrons. The van der Waals surface area contributed by atoms with E-state index in [1.165, 1.54) is 4.88 Å². The van der Waals surface area contributed by atoms with Gasteiger partial charge in [0.15, 0.2) is 0 Å². The minimum absolute atomic E-state index is 0.104. The zero-order valence-electron chi connectivity index (χ0n) is 15.2. The first-order chi connectivity index (χ1) is 11.7. The van der Waals surface area contributed by atoms with Gasteiger partial charge in [-0.1, -0.05) is 6.92 Å². The molecule has 1 heterocycles. The predicted molar refractivity (Wildman–Crippen MR) is 102 cm³/mol. The molecule has 0 radical (unpaired) electrons. The van der Waals surface area contributed by atoms with Crippen LogP contribution in [0.4, 0.5) is 0 Å². The Morgan fingerprint density at radius 3 is 2.44 bits per heavy atom. The van der Waals surface area contributed by atoms with E-state index in [9.17, 15) is 13.2 Å². The second-order valence-electron chi connectivity index (χ2n) is 7.41. The van der Waals surface area contributed by atoms with Crippen molar-refractivity contribution in [1.29, 1.82) is 0 Å². The van der Waals surface area contributed by atoms with E-state index < -0.39 is 21.2 Å². The maximum atomic E-state index is 11.9. The fraction of sp³-hybridized carbons (Fsp3) is 0.722. The molecule has 0 saturated heterocycles. The molecule has 1 aromatic heterocycles. The van der Waals surface area contributed by atoms with Gasteiger partial charge in [0.1, 0.15) is 0 Å². The van der Waals surface area contributed by atoms with Crippen molar-refractivity contribution < 1.29 is 18.3 Å². The second kappa shape index (κ2) is 8.64. The summed E-state index contributed by atoms with van der Waals surface area (Å²) < 4.78 is 26.5. The van der Waals surface area contributed by atoms with Gasteiger partial charge in [-0.15, -0.1) is 11.3 Å². The number of carboxylic acid groups (broad SMARTS) is 1. The van der Waals surface area contributed by atoms with Crippen molar-refractivity contribution in [2.24, 2.45) is 11.8 Å². The molecule has 0 aliphatic heterocycles. The Morgan fingerprint density at radius 2 is 1.88 bits per heavy atom. The van der Waals surface area contributed by atoms with Crippen LogP contribution in [0.2, 0.25) is 0 Å².